The third-order valence-electron chi connectivity index (χ3n) is 4.17. The highest BCUT2D eigenvalue weighted by atomic mass is 79.9. The van der Waals surface area contributed by atoms with Crippen LogP contribution in [0.25, 0.3) is 0 Å². The van der Waals surface area contributed by atoms with Gasteiger partial charge in [-0.05, 0) is 68.8 Å². The Bertz CT molecular complexity index is 881. The van der Waals surface area contributed by atoms with E-state index in [1.54, 1.807) is 19.2 Å². The zero-order valence-corrected chi connectivity index (χ0v) is 18.6. The van der Waals surface area contributed by atoms with Crippen LogP contribution < -0.4 is 10.1 Å². The third kappa shape index (κ3) is 6.32. The molecule has 0 aliphatic carbocycles. The van der Waals surface area contributed by atoms with Gasteiger partial charge in [0.05, 0.1) is 11.5 Å². The average molecular weight is 469 g/mol. The molecule has 0 unspecified atom stereocenters. The Morgan fingerprint density at radius 1 is 1.11 bits per heavy atom. The summed E-state index contributed by atoms with van der Waals surface area (Å²) in [5.41, 5.74) is 0.560. The van der Waals surface area contributed by atoms with E-state index in [2.05, 4.69) is 21.2 Å². The standard InChI is InChI=1S/C20H25BrN2O4S/c1-15(2)23(3)28(25,26)19-12-8-17(9-13-19)22-20(24)5-4-14-27-18-10-6-16(21)7-11-18/h6-13,15H,4-5,14H2,1-3H3,(H,22,24). The van der Waals surface area contributed by atoms with Crippen molar-refractivity contribution >= 4 is 37.5 Å². The zero-order valence-electron chi connectivity index (χ0n) is 16.2. The lowest BCUT2D eigenvalue weighted by molar-refractivity contribution is -0.116. The molecule has 6 nitrogen and oxygen atoms in total. The van der Waals surface area contributed by atoms with Crippen molar-refractivity contribution in [1.82, 2.24) is 4.31 Å². The van der Waals surface area contributed by atoms with E-state index in [1.807, 2.05) is 38.1 Å². The van der Waals surface area contributed by atoms with Crippen LogP contribution in [-0.2, 0) is 14.8 Å². The molecule has 1 N–H and O–H groups in total. The number of carbonyl (C=O) groups is 1. The van der Waals surface area contributed by atoms with Crippen molar-refractivity contribution in [3.63, 3.8) is 0 Å². The first-order valence-electron chi connectivity index (χ1n) is 8.96. The van der Waals surface area contributed by atoms with E-state index in [1.165, 1.54) is 16.4 Å². The summed E-state index contributed by atoms with van der Waals surface area (Å²) in [5.74, 6) is 0.612. The van der Waals surface area contributed by atoms with E-state index in [9.17, 15) is 13.2 Å². The van der Waals surface area contributed by atoms with Crippen LogP contribution in [0.5, 0.6) is 5.75 Å². The predicted octanol–water partition coefficient (Wildman–Crippen LogP) is 4.28. The van der Waals surface area contributed by atoms with Gasteiger partial charge in [0.15, 0.2) is 0 Å². The second kappa shape index (κ2) is 10.0. The summed E-state index contributed by atoms with van der Waals surface area (Å²) in [5, 5.41) is 2.77. The molecule has 0 radical (unpaired) electrons. The molecule has 2 rings (SSSR count). The topological polar surface area (TPSA) is 75.7 Å². The van der Waals surface area contributed by atoms with Crippen LogP contribution in [0.1, 0.15) is 26.7 Å². The first-order valence-corrected chi connectivity index (χ1v) is 11.2. The molecule has 0 aromatic heterocycles. The molecule has 0 aliphatic rings. The number of halogens is 1. The number of anilines is 1. The van der Waals surface area contributed by atoms with Gasteiger partial charge in [-0.3, -0.25) is 4.79 Å². The zero-order chi connectivity index (χ0) is 20.7. The summed E-state index contributed by atoms with van der Waals surface area (Å²) in [7, 11) is -1.98. The minimum atomic E-state index is -3.53. The Balaban J connectivity index is 1.81. The summed E-state index contributed by atoms with van der Waals surface area (Å²) >= 11 is 3.36. The molecule has 0 fully saturated rings. The number of benzene rings is 2. The molecule has 0 saturated heterocycles. The SMILES string of the molecule is CC(C)N(C)S(=O)(=O)c1ccc(NC(=O)CCCOc2ccc(Br)cc2)cc1. The summed E-state index contributed by atoms with van der Waals surface area (Å²) in [6, 6.07) is 13.6. The highest BCUT2D eigenvalue weighted by molar-refractivity contribution is 9.10. The monoisotopic (exact) mass is 468 g/mol. The number of rotatable bonds is 9. The van der Waals surface area contributed by atoms with E-state index in [0.29, 0.717) is 25.1 Å². The van der Waals surface area contributed by atoms with Crippen LogP contribution in [0.4, 0.5) is 5.69 Å². The number of ether oxygens (including phenoxy) is 1. The van der Waals surface area contributed by atoms with Crippen molar-refractivity contribution in [3.05, 3.63) is 53.0 Å². The molecule has 0 aliphatic heterocycles. The van der Waals surface area contributed by atoms with Gasteiger partial charge in [-0.15, -0.1) is 0 Å². The predicted molar refractivity (Wildman–Crippen MR) is 114 cm³/mol. The fourth-order valence-electron chi connectivity index (χ4n) is 2.33. The molecule has 0 atom stereocenters. The van der Waals surface area contributed by atoms with Gasteiger partial charge in [0.25, 0.3) is 0 Å². The quantitative estimate of drug-likeness (QED) is 0.557. The van der Waals surface area contributed by atoms with Gasteiger partial charge >= 0.3 is 0 Å². The van der Waals surface area contributed by atoms with Crippen molar-refractivity contribution in [3.8, 4) is 5.75 Å². The summed E-state index contributed by atoms with van der Waals surface area (Å²) in [4.78, 5) is 12.2. The van der Waals surface area contributed by atoms with Crippen LogP contribution in [-0.4, -0.2) is 38.3 Å². The molecule has 1 amide bonds. The van der Waals surface area contributed by atoms with Crippen molar-refractivity contribution in [2.24, 2.45) is 0 Å². The van der Waals surface area contributed by atoms with Gasteiger partial charge in [0.1, 0.15) is 5.75 Å². The van der Waals surface area contributed by atoms with E-state index >= 15 is 0 Å². The van der Waals surface area contributed by atoms with Crippen molar-refractivity contribution in [1.29, 1.82) is 0 Å². The fraction of sp³-hybridized carbons (Fsp3) is 0.350. The molecule has 152 valence electrons. The normalized spacial score (nSPS) is 11.6. The van der Waals surface area contributed by atoms with Crippen LogP contribution in [0.2, 0.25) is 0 Å². The van der Waals surface area contributed by atoms with Crippen molar-refractivity contribution in [2.75, 3.05) is 19.0 Å². The van der Waals surface area contributed by atoms with Gasteiger partial charge in [0, 0.05) is 29.7 Å². The Morgan fingerprint density at radius 2 is 1.71 bits per heavy atom. The first-order chi connectivity index (χ1) is 13.2. The number of hydrogen-bond donors (Lipinski definition) is 1. The van der Waals surface area contributed by atoms with E-state index in [0.717, 1.165) is 10.2 Å². The second-order valence-electron chi connectivity index (χ2n) is 6.59. The summed E-state index contributed by atoms with van der Waals surface area (Å²) in [6.07, 6.45) is 0.889. The number of carbonyl (C=O) groups excluding carboxylic acids is 1. The Hall–Kier alpha value is -1.90. The summed E-state index contributed by atoms with van der Waals surface area (Å²) in [6.45, 7) is 4.06. The van der Waals surface area contributed by atoms with Gasteiger partial charge in [-0.25, -0.2) is 8.42 Å². The van der Waals surface area contributed by atoms with E-state index in [-0.39, 0.29) is 16.8 Å². The maximum absolute atomic E-state index is 12.4. The molecule has 2 aromatic carbocycles. The average Bonchev–Trinajstić information content (AvgIpc) is 2.66. The highest BCUT2D eigenvalue weighted by Gasteiger charge is 2.22. The molecule has 0 bridgehead atoms. The van der Waals surface area contributed by atoms with Crippen molar-refractivity contribution < 1.29 is 17.9 Å². The molecule has 8 heteroatoms. The number of hydrogen-bond acceptors (Lipinski definition) is 4. The molecule has 0 heterocycles. The van der Waals surface area contributed by atoms with Crippen LogP contribution in [0.15, 0.2) is 57.9 Å². The lowest BCUT2D eigenvalue weighted by atomic mass is 10.2. The Morgan fingerprint density at radius 3 is 2.29 bits per heavy atom. The summed E-state index contributed by atoms with van der Waals surface area (Å²) < 4.78 is 32.8. The van der Waals surface area contributed by atoms with Gasteiger partial charge in [0.2, 0.25) is 15.9 Å². The van der Waals surface area contributed by atoms with Crippen molar-refractivity contribution in [2.45, 2.75) is 37.6 Å². The van der Waals surface area contributed by atoms with Gasteiger partial charge in [-0.1, -0.05) is 15.9 Å². The van der Waals surface area contributed by atoms with Crippen LogP contribution >= 0.6 is 15.9 Å². The van der Waals surface area contributed by atoms with E-state index in [4.69, 9.17) is 4.74 Å². The molecule has 0 spiro atoms. The first kappa shape index (κ1) is 22.4. The fourth-order valence-corrected chi connectivity index (χ4v) is 3.96. The highest BCUT2D eigenvalue weighted by Crippen LogP contribution is 2.19. The molecular formula is C20H25BrN2O4S. The minimum absolute atomic E-state index is 0.135. The Kier molecular flexibility index (Phi) is 8.03. The number of amides is 1. The largest absolute Gasteiger partial charge is 0.494 e. The Labute approximate surface area is 175 Å². The third-order valence-corrected chi connectivity index (χ3v) is 6.75. The second-order valence-corrected chi connectivity index (χ2v) is 9.51. The van der Waals surface area contributed by atoms with Gasteiger partial charge < -0.3 is 10.1 Å². The van der Waals surface area contributed by atoms with Crippen LogP contribution in [0.3, 0.4) is 0 Å². The molecule has 28 heavy (non-hydrogen) atoms. The molecule has 2 aromatic rings. The lowest BCUT2D eigenvalue weighted by Crippen LogP contribution is -2.33. The van der Waals surface area contributed by atoms with E-state index < -0.39 is 10.0 Å². The maximum Gasteiger partial charge on any atom is 0.243 e. The lowest BCUT2D eigenvalue weighted by Gasteiger charge is -2.21. The number of nitrogens with one attached hydrogen (secondary N) is 1. The van der Waals surface area contributed by atoms with Gasteiger partial charge in [-0.2, -0.15) is 4.31 Å². The number of sulfonamides is 1. The molecular weight excluding hydrogens is 444 g/mol. The van der Waals surface area contributed by atoms with Crippen LogP contribution in [0, 0.1) is 0 Å². The molecule has 0 saturated carbocycles. The number of nitrogens with zero attached hydrogens (tertiary/aromatic N) is 1. The minimum Gasteiger partial charge on any atom is -0.494 e. The maximum atomic E-state index is 12.4. The smallest absolute Gasteiger partial charge is 0.243 e.